The number of amides is 2. The number of carbonyl (C=O) groups excluding carboxylic acids is 2. The van der Waals surface area contributed by atoms with Crippen molar-refractivity contribution in [2.45, 2.75) is 102 Å². The van der Waals surface area contributed by atoms with Gasteiger partial charge >= 0.3 is 0 Å². The van der Waals surface area contributed by atoms with Gasteiger partial charge in [-0.3, -0.25) is 14.8 Å². The van der Waals surface area contributed by atoms with Gasteiger partial charge in [-0.2, -0.15) is 0 Å². The van der Waals surface area contributed by atoms with Crippen LogP contribution in [0.1, 0.15) is 106 Å². The summed E-state index contributed by atoms with van der Waals surface area (Å²) in [4.78, 5) is 26.2. The average Bonchev–Trinajstić information content (AvgIpc) is 3.00. The molecule has 9 nitrogen and oxygen atoms in total. The normalized spacial score (nSPS) is 21.7. The molecule has 3 unspecified atom stereocenters. The average molecular weight is 582 g/mol. The summed E-state index contributed by atoms with van der Waals surface area (Å²) in [5, 5.41) is 21.0. The van der Waals surface area contributed by atoms with Crippen LogP contribution in [0.25, 0.3) is 0 Å². The molecular formula is C33H47N3O6. The lowest BCUT2D eigenvalue weighted by Crippen LogP contribution is -2.40. The van der Waals surface area contributed by atoms with Gasteiger partial charge in [0.15, 0.2) is 6.29 Å². The van der Waals surface area contributed by atoms with Crippen LogP contribution in [0.4, 0.5) is 5.69 Å². The van der Waals surface area contributed by atoms with Crippen LogP contribution in [-0.2, 0) is 25.7 Å². The molecule has 3 atom stereocenters. The number of aliphatic hydroxyl groups is 1. The van der Waals surface area contributed by atoms with Gasteiger partial charge in [0.05, 0.1) is 18.8 Å². The molecule has 0 radical (unpaired) electrons. The SMILES string of the molecule is O=C(CCCCCCC(=O)Nc1cccc(C2OC(CN3CCCCCCC3)CC(c3ccc(CO)cc3)O2)c1)NO. The number of benzene rings is 2. The first-order valence-corrected chi connectivity index (χ1v) is 15.6. The fourth-order valence-electron chi connectivity index (χ4n) is 5.78. The summed E-state index contributed by atoms with van der Waals surface area (Å²) < 4.78 is 13.1. The van der Waals surface area contributed by atoms with Crippen LogP contribution >= 0.6 is 0 Å². The van der Waals surface area contributed by atoms with Gasteiger partial charge < -0.3 is 24.8 Å². The fourth-order valence-corrected chi connectivity index (χ4v) is 5.78. The molecule has 2 aliphatic rings. The number of carbonyl (C=O) groups is 2. The Morgan fingerprint density at radius 1 is 0.833 bits per heavy atom. The van der Waals surface area contributed by atoms with Crippen LogP contribution in [0.2, 0.25) is 0 Å². The minimum Gasteiger partial charge on any atom is -0.392 e. The number of ether oxygens (including phenoxy) is 2. The summed E-state index contributed by atoms with van der Waals surface area (Å²) in [6, 6.07) is 15.6. The molecule has 0 saturated carbocycles. The first kappa shape index (κ1) is 32.1. The number of nitrogens with zero attached hydrogens (tertiary/aromatic N) is 1. The van der Waals surface area contributed by atoms with E-state index in [0.717, 1.165) is 62.0 Å². The smallest absolute Gasteiger partial charge is 0.243 e. The van der Waals surface area contributed by atoms with Gasteiger partial charge in [0, 0.05) is 37.1 Å². The highest BCUT2D eigenvalue weighted by atomic mass is 16.7. The molecule has 9 heteroatoms. The van der Waals surface area contributed by atoms with Gasteiger partial charge in [0.25, 0.3) is 0 Å². The van der Waals surface area contributed by atoms with E-state index in [1.165, 1.54) is 32.1 Å². The second-order valence-electron chi connectivity index (χ2n) is 11.5. The van der Waals surface area contributed by atoms with Crippen molar-refractivity contribution in [2.24, 2.45) is 0 Å². The molecule has 0 aliphatic carbocycles. The Kier molecular flexibility index (Phi) is 13.2. The summed E-state index contributed by atoms with van der Waals surface area (Å²) in [6.45, 7) is 3.07. The fraction of sp³-hybridized carbons (Fsp3) is 0.576. The van der Waals surface area contributed by atoms with Gasteiger partial charge in [-0.05, 0) is 62.0 Å². The van der Waals surface area contributed by atoms with Gasteiger partial charge in [-0.15, -0.1) is 0 Å². The largest absolute Gasteiger partial charge is 0.392 e. The molecule has 42 heavy (non-hydrogen) atoms. The van der Waals surface area contributed by atoms with Crippen LogP contribution < -0.4 is 10.8 Å². The summed E-state index contributed by atoms with van der Waals surface area (Å²) in [6.07, 6.45) is 10.2. The Morgan fingerprint density at radius 3 is 2.21 bits per heavy atom. The van der Waals surface area contributed by atoms with E-state index in [-0.39, 0.29) is 37.0 Å². The predicted molar refractivity (Wildman–Crippen MR) is 161 cm³/mol. The van der Waals surface area contributed by atoms with Crippen LogP contribution in [0, 0.1) is 0 Å². The third-order valence-electron chi connectivity index (χ3n) is 8.15. The van der Waals surface area contributed by atoms with Crippen molar-refractivity contribution in [2.75, 3.05) is 25.0 Å². The summed E-state index contributed by atoms with van der Waals surface area (Å²) >= 11 is 0. The lowest BCUT2D eigenvalue weighted by molar-refractivity contribution is -0.253. The van der Waals surface area contributed by atoms with Gasteiger partial charge in [0.1, 0.15) is 0 Å². The molecule has 4 N–H and O–H groups in total. The van der Waals surface area contributed by atoms with Crippen LogP contribution in [-0.4, -0.2) is 52.8 Å². The van der Waals surface area contributed by atoms with E-state index in [0.29, 0.717) is 18.5 Å². The molecule has 230 valence electrons. The van der Waals surface area contributed by atoms with E-state index in [4.69, 9.17) is 14.7 Å². The second kappa shape index (κ2) is 17.3. The summed E-state index contributed by atoms with van der Waals surface area (Å²) in [7, 11) is 0. The molecule has 2 saturated heterocycles. The maximum absolute atomic E-state index is 12.6. The van der Waals surface area contributed by atoms with Gasteiger partial charge in [0.2, 0.25) is 11.8 Å². The van der Waals surface area contributed by atoms with Crippen molar-refractivity contribution in [3.8, 4) is 0 Å². The zero-order valence-corrected chi connectivity index (χ0v) is 24.6. The number of aliphatic hydroxyl groups excluding tert-OH is 1. The van der Waals surface area contributed by atoms with Crippen molar-refractivity contribution in [3.05, 3.63) is 65.2 Å². The van der Waals surface area contributed by atoms with E-state index in [1.807, 2.05) is 48.5 Å². The number of likely N-dealkylation sites (tertiary alicyclic amines) is 1. The van der Waals surface area contributed by atoms with E-state index in [9.17, 15) is 14.7 Å². The standard InChI is InChI=1S/C33H47N3O6/c37-24-25-15-17-26(18-16-25)30-22-29(23-36-19-8-4-1-5-9-20-36)41-33(42-30)27-11-10-12-28(21-27)34-31(38)13-6-2-3-7-14-32(39)35-40/h10-12,15-18,21,29-30,33,37,40H,1-9,13-14,19-20,22-24H2,(H,34,38)(H,35,39). The minimum absolute atomic E-state index is 0.00685. The first-order chi connectivity index (χ1) is 20.5. The third kappa shape index (κ3) is 10.5. The molecule has 0 bridgehead atoms. The molecule has 2 aliphatic heterocycles. The maximum atomic E-state index is 12.6. The highest BCUT2D eigenvalue weighted by Gasteiger charge is 2.33. The molecule has 2 heterocycles. The van der Waals surface area contributed by atoms with E-state index >= 15 is 0 Å². The predicted octanol–water partition coefficient (Wildman–Crippen LogP) is 5.77. The van der Waals surface area contributed by atoms with Crippen molar-refractivity contribution in [1.29, 1.82) is 0 Å². The first-order valence-electron chi connectivity index (χ1n) is 15.6. The number of hydrogen-bond donors (Lipinski definition) is 4. The van der Waals surface area contributed by atoms with Gasteiger partial charge in [-0.1, -0.05) is 68.5 Å². The van der Waals surface area contributed by atoms with E-state index < -0.39 is 6.29 Å². The Labute approximate surface area is 249 Å². The quantitative estimate of drug-likeness (QED) is 0.135. The topological polar surface area (TPSA) is 120 Å². The molecule has 2 aromatic rings. The van der Waals surface area contributed by atoms with Crippen LogP contribution in [0.15, 0.2) is 48.5 Å². The minimum atomic E-state index is -0.561. The van der Waals surface area contributed by atoms with E-state index in [1.54, 1.807) is 5.48 Å². The molecule has 2 fully saturated rings. The number of nitrogens with one attached hydrogen (secondary N) is 2. The number of hydroxylamine groups is 1. The highest BCUT2D eigenvalue weighted by Crippen LogP contribution is 2.38. The zero-order valence-electron chi connectivity index (χ0n) is 24.6. The lowest BCUT2D eigenvalue weighted by Gasteiger charge is -2.39. The monoisotopic (exact) mass is 581 g/mol. The van der Waals surface area contributed by atoms with Crippen molar-refractivity contribution >= 4 is 17.5 Å². The van der Waals surface area contributed by atoms with Crippen LogP contribution in [0.5, 0.6) is 0 Å². The molecule has 2 amide bonds. The number of anilines is 1. The Bertz CT molecular complexity index is 1100. The number of hydrogen-bond acceptors (Lipinski definition) is 7. The lowest BCUT2D eigenvalue weighted by atomic mass is 9.99. The van der Waals surface area contributed by atoms with Crippen molar-refractivity contribution in [1.82, 2.24) is 10.4 Å². The zero-order chi connectivity index (χ0) is 29.6. The molecule has 0 aromatic heterocycles. The molecule has 4 rings (SSSR count). The highest BCUT2D eigenvalue weighted by molar-refractivity contribution is 5.90. The number of rotatable bonds is 13. The van der Waals surface area contributed by atoms with E-state index in [2.05, 4.69) is 10.2 Å². The molecular weight excluding hydrogens is 534 g/mol. The Balaban J connectivity index is 1.38. The van der Waals surface area contributed by atoms with Crippen LogP contribution in [0.3, 0.4) is 0 Å². The van der Waals surface area contributed by atoms with Crippen molar-refractivity contribution in [3.63, 3.8) is 0 Å². The molecule has 0 spiro atoms. The third-order valence-corrected chi connectivity index (χ3v) is 8.15. The Morgan fingerprint density at radius 2 is 1.52 bits per heavy atom. The maximum Gasteiger partial charge on any atom is 0.243 e. The summed E-state index contributed by atoms with van der Waals surface area (Å²) in [5.41, 5.74) is 5.15. The van der Waals surface area contributed by atoms with Crippen molar-refractivity contribution < 1.29 is 29.4 Å². The summed E-state index contributed by atoms with van der Waals surface area (Å²) in [5.74, 6) is -0.435. The second-order valence-corrected chi connectivity index (χ2v) is 11.5. The van der Waals surface area contributed by atoms with Gasteiger partial charge in [-0.25, -0.2) is 5.48 Å². The Hall–Kier alpha value is -2.82. The number of unbranched alkanes of at least 4 members (excludes halogenated alkanes) is 3. The molecule has 2 aromatic carbocycles.